The molecule has 0 aromatic rings. The number of hydrogen-bond acceptors (Lipinski definition) is 0. The quantitative estimate of drug-likeness (QED) is 0.0579. The summed E-state index contributed by atoms with van der Waals surface area (Å²) in [5, 5.41) is 0. The highest BCUT2D eigenvalue weighted by atomic mass is 14.1. The molecule has 0 aliphatic heterocycles. The summed E-state index contributed by atoms with van der Waals surface area (Å²) in [7, 11) is 0. The number of unbranched alkanes of at least 4 members (excludes halogenated alkanes) is 36. The van der Waals surface area contributed by atoms with Crippen molar-refractivity contribution in [1.29, 1.82) is 0 Å². The van der Waals surface area contributed by atoms with Gasteiger partial charge in [0.25, 0.3) is 0 Å². The molecular formula is C46H94. The average Bonchev–Trinajstić information content (AvgIpc) is 3.06. The Balaban J connectivity index is 3.33. The molecule has 0 saturated carbocycles. The van der Waals surface area contributed by atoms with Gasteiger partial charge in [0.15, 0.2) is 0 Å². The average molecular weight is 647 g/mol. The minimum atomic E-state index is 1.03. The maximum absolute atomic E-state index is 2.40. The SMILES string of the molecule is CCCCCCCCCCCCCCCCCCCCCCC(CCC)CCCCCCCCCCCCCCCCCCCC. The van der Waals surface area contributed by atoms with E-state index in [4.69, 9.17) is 0 Å². The highest BCUT2D eigenvalue weighted by Crippen LogP contribution is 2.24. The lowest BCUT2D eigenvalue weighted by Crippen LogP contribution is -2.00. The maximum atomic E-state index is 2.40. The van der Waals surface area contributed by atoms with Crippen LogP contribution < -0.4 is 0 Å². The second-order valence-corrected chi connectivity index (χ2v) is 16.0. The van der Waals surface area contributed by atoms with Gasteiger partial charge in [-0.3, -0.25) is 0 Å². The zero-order valence-corrected chi connectivity index (χ0v) is 33.3. The van der Waals surface area contributed by atoms with Gasteiger partial charge in [0.1, 0.15) is 0 Å². The van der Waals surface area contributed by atoms with Crippen LogP contribution >= 0.6 is 0 Å². The summed E-state index contributed by atoms with van der Waals surface area (Å²) in [6.45, 7) is 7.03. The summed E-state index contributed by atoms with van der Waals surface area (Å²) in [5.74, 6) is 1.03. The molecule has 1 unspecified atom stereocenters. The Labute approximate surface area is 295 Å². The van der Waals surface area contributed by atoms with E-state index in [-0.39, 0.29) is 0 Å². The minimum absolute atomic E-state index is 1.03. The smallest absolute Gasteiger partial charge is 0.0414 e. The molecule has 0 heterocycles. The molecule has 0 nitrogen and oxygen atoms in total. The predicted molar refractivity (Wildman–Crippen MR) is 214 cm³/mol. The molecule has 46 heavy (non-hydrogen) atoms. The van der Waals surface area contributed by atoms with Crippen LogP contribution in [-0.4, -0.2) is 0 Å². The Morgan fingerprint density at radius 2 is 0.348 bits per heavy atom. The van der Waals surface area contributed by atoms with Gasteiger partial charge in [0.2, 0.25) is 0 Å². The first-order valence-electron chi connectivity index (χ1n) is 22.8. The van der Waals surface area contributed by atoms with Crippen LogP contribution in [-0.2, 0) is 0 Å². The lowest BCUT2D eigenvalue weighted by atomic mass is 9.90. The van der Waals surface area contributed by atoms with Gasteiger partial charge in [-0.15, -0.1) is 0 Å². The molecular weight excluding hydrogens is 553 g/mol. The molecule has 0 aliphatic carbocycles. The van der Waals surface area contributed by atoms with E-state index in [0.717, 1.165) is 5.92 Å². The van der Waals surface area contributed by atoms with Crippen molar-refractivity contribution in [1.82, 2.24) is 0 Å². The lowest BCUT2D eigenvalue weighted by Gasteiger charge is -2.16. The van der Waals surface area contributed by atoms with Crippen LogP contribution in [0.25, 0.3) is 0 Å². The third-order valence-electron chi connectivity index (χ3n) is 11.1. The largest absolute Gasteiger partial charge is 0.0654 e. The van der Waals surface area contributed by atoms with Crippen molar-refractivity contribution in [2.45, 2.75) is 290 Å². The topological polar surface area (TPSA) is 0 Å². The second-order valence-electron chi connectivity index (χ2n) is 16.0. The Morgan fingerprint density at radius 1 is 0.174 bits per heavy atom. The fraction of sp³-hybridized carbons (Fsp3) is 1.00. The normalized spacial score (nSPS) is 12.3. The minimum Gasteiger partial charge on any atom is -0.0654 e. The van der Waals surface area contributed by atoms with Crippen LogP contribution in [0.15, 0.2) is 0 Å². The summed E-state index contributed by atoms with van der Waals surface area (Å²) in [4.78, 5) is 0. The van der Waals surface area contributed by atoms with E-state index in [1.165, 1.54) is 270 Å². The van der Waals surface area contributed by atoms with Crippen molar-refractivity contribution in [2.75, 3.05) is 0 Å². The van der Waals surface area contributed by atoms with Crippen molar-refractivity contribution in [3.8, 4) is 0 Å². The van der Waals surface area contributed by atoms with E-state index in [9.17, 15) is 0 Å². The zero-order chi connectivity index (χ0) is 33.3. The first-order valence-corrected chi connectivity index (χ1v) is 22.8. The van der Waals surface area contributed by atoms with Crippen LogP contribution in [0.4, 0.5) is 0 Å². The van der Waals surface area contributed by atoms with Crippen LogP contribution in [0.3, 0.4) is 0 Å². The van der Waals surface area contributed by atoms with Gasteiger partial charge >= 0.3 is 0 Å². The molecule has 0 aromatic heterocycles. The third-order valence-corrected chi connectivity index (χ3v) is 11.1. The molecule has 0 N–H and O–H groups in total. The van der Waals surface area contributed by atoms with Crippen molar-refractivity contribution >= 4 is 0 Å². The predicted octanol–water partition coefficient (Wildman–Crippen LogP) is 18.0. The fourth-order valence-electron chi connectivity index (χ4n) is 7.86. The van der Waals surface area contributed by atoms with Gasteiger partial charge in [-0.05, 0) is 5.92 Å². The van der Waals surface area contributed by atoms with E-state index >= 15 is 0 Å². The van der Waals surface area contributed by atoms with Gasteiger partial charge in [0, 0.05) is 0 Å². The summed E-state index contributed by atoms with van der Waals surface area (Å²) in [6, 6.07) is 0. The van der Waals surface area contributed by atoms with E-state index in [0.29, 0.717) is 0 Å². The lowest BCUT2D eigenvalue weighted by molar-refractivity contribution is 0.376. The van der Waals surface area contributed by atoms with Gasteiger partial charge in [-0.1, -0.05) is 290 Å². The third kappa shape index (κ3) is 40.2. The molecule has 0 radical (unpaired) electrons. The van der Waals surface area contributed by atoms with Gasteiger partial charge < -0.3 is 0 Å². The Morgan fingerprint density at radius 3 is 0.522 bits per heavy atom. The van der Waals surface area contributed by atoms with E-state index < -0.39 is 0 Å². The Hall–Kier alpha value is 0. The fourth-order valence-corrected chi connectivity index (χ4v) is 7.86. The summed E-state index contributed by atoms with van der Waals surface area (Å²) >= 11 is 0. The first kappa shape index (κ1) is 46.0. The summed E-state index contributed by atoms with van der Waals surface area (Å²) < 4.78 is 0. The molecule has 0 spiro atoms. The molecule has 0 saturated heterocycles. The molecule has 278 valence electrons. The van der Waals surface area contributed by atoms with Crippen molar-refractivity contribution in [2.24, 2.45) is 5.92 Å². The van der Waals surface area contributed by atoms with Crippen LogP contribution in [0.1, 0.15) is 290 Å². The second kappa shape index (κ2) is 43.0. The molecule has 0 heteroatoms. The highest BCUT2D eigenvalue weighted by molar-refractivity contribution is 4.61. The number of hydrogen-bond donors (Lipinski definition) is 0. The molecule has 0 aromatic carbocycles. The summed E-state index contributed by atoms with van der Waals surface area (Å²) in [5.41, 5.74) is 0. The molecule has 0 aliphatic rings. The van der Waals surface area contributed by atoms with Crippen LogP contribution in [0.2, 0.25) is 0 Å². The molecule has 1 atom stereocenters. The Kier molecular flexibility index (Phi) is 43.0. The monoisotopic (exact) mass is 647 g/mol. The molecule has 0 rings (SSSR count). The molecule has 0 bridgehead atoms. The van der Waals surface area contributed by atoms with E-state index in [1.807, 2.05) is 0 Å². The van der Waals surface area contributed by atoms with Gasteiger partial charge in [-0.25, -0.2) is 0 Å². The van der Waals surface area contributed by atoms with Crippen LogP contribution in [0, 0.1) is 5.92 Å². The van der Waals surface area contributed by atoms with E-state index in [2.05, 4.69) is 20.8 Å². The Bertz CT molecular complexity index is 494. The zero-order valence-electron chi connectivity index (χ0n) is 33.3. The first-order chi connectivity index (χ1) is 22.8. The standard InChI is InChI=1S/C46H94/c1-4-7-9-11-13-15-17-19-21-23-25-26-28-30-32-34-36-38-40-42-45-46(43-6-3)44-41-39-37-35-33-31-29-27-24-22-20-18-16-14-12-10-8-5-2/h46H,4-45H2,1-3H3. The summed E-state index contributed by atoms with van der Waals surface area (Å²) in [6.07, 6.45) is 62.3. The van der Waals surface area contributed by atoms with Crippen molar-refractivity contribution < 1.29 is 0 Å². The van der Waals surface area contributed by atoms with Gasteiger partial charge in [-0.2, -0.15) is 0 Å². The molecule has 0 amide bonds. The highest BCUT2D eigenvalue weighted by Gasteiger charge is 2.07. The van der Waals surface area contributed by atoms with E-state index in [1.54, 1.807) is 0 Å². The maximum Gasteiger partial charge on any atom is -0.0414 e. The van der Waals surface area contributed by atoms with Crippen molar-refractivity contribution in [3.05, 3.63) is 0 Å². The van der Waals surface area contributed by atoms with Gasteiger partial charge in [0.05, 0.1) is 0 Å². The number of rotatable bonds is 42. The molecule has 0 fully saturated rings. The van der Waals surface area contributed by atoms with Crippen LogP contribution in [0.5, 0.6) is 0 Å². The van der Waals surface area contributed by atoms with Crippen molar-refractivity contribution in [3.63, 3.8) is 0 Å².